The van der Waals surface area contributed by atoms with Crippen molar-refractivity contribution in [3.63, 3.8) is 0 Å². The van der Waals surface area contributed by atoms with E-state index in [4.69, 9.17) is 4.74 Å². The maximum absolute atomic E-state index is 13.1. The van der Waals surface area contributed by atoms with Gasteiger partial charge in [-0.3, -0.25) is 4.79 Å². The highest BCUT2D eigenvalue weighted by Crippen LogP contribution is 2.32. The molecule has 0 saturated carbocycles. The van der Waals surface area contributed by atoms with E-state index in [1.807, 2.05) is 12.1 Å². The zero-order valence-corrected chi connectivity index (χ0v) is 12.8. The summed E-state index contributed by atoms with van der Waals surface area (Å²) in [6.45, 7) is 0. The molecule has 3 aromatic rings. The molecule has 118 valence electrons. The van der Waals surface area contributed by atoms with Crippen molar-refractivity contribution in [3.8, 4) is 34.2 Å². The molecule has 0 saturated heterocycles. The van der Waals surface area contributed by atoms with Crippen LogP contribution in [0.15, 0.2) is 59.4 Å². The minimum Gasteiger partial charge on any atom is -0.496 e. The number of aromatic nitrogens is 1. The number of H-pyrrole nitrogens is 1. The van der Waals surface area contributed by atoms with Crippen LogP contribution >= 0.6 is 0 Å². The molecule has 1 heterocycles. The van der Waals surface area contributed by atoms with Crippen LogP contribution in [0.1, 0.15) is 5.56 Å². The van der Waals surface area contributed by atoms with Crippen LogP contribution in [0, 0.1) is 17.1 Å². The number of aromatic amines is 1. The first-order valence-electron chi connectivity index (χ1n) is 7.21. The molecule has 24 heavy (non-hydrogen) atoms. The number of hydrogen-bond donors (Lipinski definition) is 1. The number of nitrogens with one attached hydrogen (secondary N) is 1. The zero-order valence-electron chi connectivity index (χ0n) is 12.8. The van der Waals surface area contributed by atoms with E-state index in [0.29, 0.717) is 28.1 Å². The quantitative estimate of drug-likeness (QED) is 0.799. The fourth-order valence-electron chi connectivity index (χ4n) is 2.54. The van der Waals surface area contributed by atoms with Gasteiger partial charge in [0.25, 0.3) is 5.56 Å². The summed E-state index contributed by atoms with van der Waals surface area (Å²) >= 11 is 0. The molecule has 0 aliphatic heterocycles. The summed E-state index contributed by atoms with van der Waals surface area (Å²) in [6.07, 6.45) is 0. The molecule has 5 heteroatoms. The van der Waals surface area contributed by atoms with Crippen LogP contribution in [0.25, 0.3) is 22.4 Å². The highest BCUT2D eigenvalue weighted by Gasteiger charge is 2.15. The van der Waals surface area contributed by atoms with Crippen LogP contribution in [0.2, 0.25) is 0 Å². The maximum atomic E-state index is 13.1. The van der Waals surface area contributed by atoms with Crippen molar-refractivity contribution < 1.29 is 9.13 Å². The van der Waals surface area contributed by atoms with Gasteiger partial charge in [-0.1, -0.05) is 18.2 Å². The Morgan fingerprint density at radius 2 is 1.79 bits per heavy atom. The Bertz CT molecular complexity index is 985. The van der Waals surface area contributed by atoms with Gasteiger partial charge in [0.15, 0.2) is 0 Å². The van der Waals surface area contributed by atoms with E-state index in [1.165, 1.54) is 19.2 Å². The average Bonchev–Trinajstić information content (AvgIpc) is 2.61. The summed E-state index contributed by atoms with van der Waals surface area (Å²) in [6, 6.07) is 16.6. The third-order valence-corrected chi connectivity index (χ3v) is 3.70. The van der Waals surface area contributed by atoms with Crippen LogP contribution in [0.5, 0.6) is 5.75 Å². The van der Waals surface area contributed by atoms with Gasteiger partial charge in [0, 0.05) is 16.8 Å². The molecular weight excluding hydrogens is 307 g/mol. The van der Waals surface area contributed by atoms with Gasteiger partial charge < -0.3 is 9.72 Å². The molecule has 0 aliphatic rings. The minimum absolute atomic E-state index is 0.00496. The average molecular weight is 320 g/mol. The van der Waals surface area contributed by atoms with Crippen molar-refractivity contribution in [2.24, 2.45) is 0 Å². The lowest BCUT2D eigenvalue weighted by atomic mass is 9.98. The minimum atomic E-state index is -0.500. The van der Waals surface area contributed by atoms with Crippen molar-refractivity contribution in [2.45, 2.75) is 0 Å². The van der Waals surface area contributed by atoms with E-state index in [9.17, 15) is 14.4 Å². The lowest BCUT2D eigenvalue weighted by molar-refractivity contribution is 0.416. The summed E-state index contributed by atoms with van der Waals surface area (Å²) in [7, 11) is 1.53. The summed E-state index contributed by atoms with van der Waals surface area (Å²) in [5, 5.41) is 9.36. The van der Waals surface area contributed by atoms with E-state index < -0.39 is 5.56 Å². The second kappa shape index (κ2) is 6.39. The number of hydrogen-bond acceptors (Lipinski definition) is 3. The van der Waals surface area contributed by atoms with Crippen LogP contribution < -0.4 is 10.3 Å². The van der Waals surface area contributed by atoms with Crippen molar-refractivity contribution in [1.82, 2.24) is 4.98 Å². The molecular formula is C19H13FN2O2. The maximum Gasteiger partial charge on any atom is 0.266 e. The van der Waals surface area contributed by atoms with Crippen molar-refractivity contribution in [2.75, 3.05) is 7.11 Å². The SMILES string of the molecule is COc1ccccc1-c1cc(-c2ccc(F)cc2)[nH]c(=O)c1C#N. The first-order valence-corrected chi connectivity index (χ1v) is 7.21. The van der Waals surface area contributed by atoms with Gasteiger partial charge >= 0.3 is 0 Å². The molecule has 1 N–H and O–H groups in total. The lowest BCUT2D eigenvalue weighted by Gasteiger charge is -2.11. The number of rotatable bonds is 3. The normalized spacial score (nSPS) is 10.2. The van der Waals surface area contributed by atoms with Gasteiger partial charge in [0.2, 0.25) is 0 Å². The number of nitrogens with zero attached hydrogens (tertiary/aromatic N) is 1. The molecule has 0 fully saturated rings. The molecule has 0 aliphatic carbocycles. The number of pyridine rings is 1. The standard InChI is InChI=1S/C19H13FN2O2/c1-24-18-5-3-2-4-14(18)15-10-17(22-19(23)16(15)11-21)12-6-8-13(20)9-7-12/h2-10H,1H3,(H,22,23). The smallest absolute Gasteiger partial charge is 0.266 e. The zero-order chi connectivity index (χ0) is 17.1. The van der Waals surface area contributed by atoms with Crippen molar-refractivity contribution in [3.05, 3.63) is 76.3 Å². The van der Waals surface area contributed by atoms with Crippen LogP contribution in [-0.4, -0.2) is 12.1 Å². The molecule has 1 aromatic heterocycles. The summed E-state index contributed by atoms with van der Waals surface area (Å²) in [4.78, 5) is 15.0. The van der Waals surface area contributed by atoms with Crippen molar-refractivity contribution >= 4 is 0 Å². The third kappa shape index (κ3) is 2.77. The Morgan fingerprint density at radius 1 is 1.08 bits per heavy atom. The van der Waals surface area contributed by atoms with Gasteiger partial charge in [-0.05, 0) is 42.0 Å². The summed E-state index contributed by atoms with van der Waals surface area (Å²) in [5.74, 6) is 0.198. The Labute approximate surface area is 137 Å². The number of methoxy groups -OCH3 is 1. The highest BCUT2D eigenvalue weighted by molar-refractivity contribution is 5.78. The Kier molecular flexibility index (Phi) is 4.13. The molecule has 0 unspecified atom stereocenters. The van der Waals surface area contributed by atoms with Crippen LogP contribution in [0.4, 0.5) is 4.39 Å². The molecule has 4 nitrogen and oxygen atoms in total. The number of nitriles is 1. The number of ether oxygens (including phenoxy) is 1. The number of benzene rings is 2. The van der Waals surface area contributed by atoms with Gasteiger partial charge in [-0.25, -0.2) is 4.39 Å². The Balaban J connectivity index is 2.27. The number of para-hydroxylation sites is 1. The summed E-state index contributed by atoms with van der Waals surface area (Å²) in [5.41, 5.74) is 1.77. The summed E-state index contributed by atoms with van der Waals surface area (Å²) < 4.78 is 18.4. The van der Waals surface area contributed by atoms with Gasteiger partial charge in [0.1, 0.15) is 23.2 Å². The van der Waals surface area contributed by atoms with Crippen LogP contribution in [0.3, 0.4) is 0 Å². The first kappa shape index (κ1) is 15.5. The topological polar surface area (TPSA) is 65.9 Å². The van der Waals surface area contributed by atoms with Gasteiger partial charge in [-0.2, -0.15) is 5.26 Å². The molecule has 0 amide bonds. The molecule has 0 spiro atoms. The second-order valence-electron chi connectivity index (χ2n) is 5.12. The fraction of sp³-hybridized carbons (Fsp3) is 0.0526. The van der Waals surface area contributed by atoms with E-state index in [1.54, 1.807) is 36.4 Å². The molecule has 2 aromatic carbocycles. The predicted octanol–water partition coefficient (Wildman–Crippen LogP) is 3.73. The largest absolute Gasteiger partial charge is 0.496 e. The fourth-order valence-corrected chi connectivity index (χ4v) is 2.54. The second-order valence-corrected chi connectivity index (χ2v) is 5.12. The predicted molar refractivity (Wildman–Crippen MR) is 89.2 cm³/mol. The lowest BCUT2D eigenvalue weighted by Crippen LogP contribution is -2.13. The monoisotopic (exact) mass is 320 g/mol. The molecule has 0 atom stereocenters. The third-order valence-electron chi connectivity index (χ3n) is 3.70. The van der Waals surface area contributed by atoms with E-state index in [2.05, 4.69) is 4.98 Å². The highest BCUT2D eigenvalue weighted by atomic mass is 19.1. The van der Waals surface area contributed by atoms with Gasteiger partial charge in [-0.15, -0.1) is 0 Å². The van der Waals surface area contributed by atoms with E-state index >= 15 is 0 Å². The van der Waals surface area contributed by atoms with E-state index in [-0.39, 0.29) is 11.4 Å². The number of halogens is 1. The van der Waals surface area contributed by atoms with Crippen molar-refractivity contribution in [1.29, 1.82) is 5.26 Å². The first-order chi connectivity index (χ1) is 11.6. The Hall–Kier alpha value is -3.39. The van der Waals surface area contributed by atoms with Gasteiger partial charge in [0.05, 0.1) is 7.11 Å². The molecule has 0 radical (unpaired) electrons. The van der Waals surface area contributed by atoms with Crippen LogP contribution in [-0.2, 0) is 0 Å². The molecule has 3 rings (SSSR count). The molecule has 0 bridgehead atoms. The van der Waals surface area contributed by atoms with E-state index in [0.717, 1.165) is 0 Å². The Morgan fingerprint density at radius 3 is 2.46 bits per heavy atom.